The van der Waals surface area contributed by atoms with Gasteiger partial charge in [-0.1, -0.05) is 0 Å². The minimum Gasteiger partial charge on any atom is -0.497 e. The number of ether oxygens (including phenoxy) is 2. The zero-order chi connectivity index (χ0) is 18.8. The fourth-order valence-electron chi connectivity index (χ4n) is 3.71. The second kappa shape index (κ2) is 7.23. The quantitative estimate of drug-likeness (QED) is 0.642. The number of rotatable bonds is 4. The van der Waals surface area contributed by atoms with Gasteiger partial charge in [0.25, 0.3) is 0 Å². The number of aryl methyl sites for hydroxylation is 1. The van der Waals surface area contributed by atoms with Crippen LogP contribution < -0.4 is 20.1 Å². The number of aromatic nitrogens is 1. The lowest BCUT2D eigenvalue weighted by Crippen LogP contribution is -2.34. The normalized spacial score (nSPS) is 15.9. The van der Waals surface area contributed by atoms with Gasteiger partial charge in [0, 0.05) is 22.3 Å². The van der Waals surface area contributed by atoms with Gasteiger partial charge in [0.05, 0.1) is 20.3 Å². The monoisotopic (exact) mass is 365 g/mol. The maximum absolute atomic E-state index is 12.5. The number of hydrogen-bond acceptors (Lipinski definition) is 3. The Morgan fingerprint density at radius 1 is 1.07 bits per heavy atom. The van der Waals surface area contributed by atoms with Crippen LogP contribution >= 0.6 is 0 Å². The van der Waals surface area contributed by atoms with Crippen molar-refractivity contribution in [1.82, 2.24) is 10.3 Å². The molecule has 2 aromatic carbocycles. The zero-order valence-electron chi connectivity index (χ0n) is 15.5. The first-order valence-corrected chi connectivity index (χ1v) is 9.08. The number of amides is 2. The van der Waals surface area contributed by atoms with Crippen LogP contribution in [-0.4, -0.2) is 25.2 Å². The Labute approximate surface area is 157 Å². The number of methoxy groups -OCH3 is 2. The number of benzene rings is 2. The van der Waals surface area contributed by atoms with E-state index in [2.05, 4.69) is 21.7 Å². The summed E-state index contributed by atoms with van der Waals surface area (Å²) in [6, 6.07) is 13.1. The van der Waals surface area contributed by atoms with Crippen molar-refractivity contribution < 1.29 is 14.3 Å². The highest BCUT2D eigenvalue weighted by atomic mass is 16.5. The minimum absolute atomic E-state index is 0.0367. The first-order valence-electron chi connectivity index (χ1n) is 9.08. The maximum atomic E-state index is 12.5. The summed E-state index contributed by atoms with van der Waals surface area (Å²) in [6.07, 6.45) is 2.94. The topological polar surface area (TPSA) is 75.4 Å². The fourth-order valence-corrected chi connectivity index (χ4v) is 3.71. The van der Waals surface area contributed by atoms with Gasteiger partial charge in [-0.15, -0.1) is 0 Å². The van der Waals surface area contributed by atoms with Crippen molar-refractivity contribution in [1.29, 1.82) is 0 Å². The first kappa shape index (κ1) is 17.3. The molecule has 0 radical (unpaired) electrons. The highest BCUT2D eigenvalue weighted by Gasteiger charge is 2.25. The number of carbonyl (C=O) groups is 1. The van der Waals surface area contributed by atoms with Crippen LogP contribution in [-0.2, 0) is 6.42 Å². The smallest absolute Gasteiger partial charge is 0.319 e. The van der Waals surface area contributed by atoms with Gasteiger partial charge in [-0.3, -0.25) is 0 Å². The third-order valence-corrected chi connectivity index (χ3v) is 5.07. The summed E-state index contributed by atoms with van der Waals surface area (Å²) in [5.74, 6) is 1.60. The molecule has 4 rings (SSSR count). The summed E-state index contributed by atoms with van der Waals surface area (Å²) in [5, 5.41) is 7.15. The van der Waals surface area contributed by atoms with Crippen LogP contribution in [0.15, 0.2) is 42.5 Å². The molecule has 6 heteroatoms. The molecule has 0 unspecified atom stereocenters. The standard InChI is InChI=1S/C21H23N3O3/c1-26-14-8-6-13(7-9-14)22-21(25)24-19-5-3-4-16-17-12-15(27-2)10-11-18(17)23-20(16)19/h6-12,19,23H,3-5H2,1-2H3,(H2,22,24,25)/t19-/m0/s1. The van der Waals surface area contributed by atoms with Crippen molar-refractivity contribution in [3.63, 3.8) is 0 Å². The molecule has 0 bridgehead atoms. The number of urea groups is 1. The lowest BCUT2D eigenvalue weighted by molar-refractivity contribution is 0.247. The fraction of sp³-hybridized carbons (Fsp3) is 0.286. The lowest BCUT2D eigenvalue weighted by atomic mass is 9.92. The molecular weight excluding hydrogens is 342 g/mol. The molecule has 3 N–H and O–H groups in total. The summed E-state index contributed by atoms with van der Waals surface area (Å²) < 4.78 is 10.5. The third-order valence-electron chi connectivity index (χ3n) is 5.07. The van der Waals surface area contributed by atoms with E-state index in [0.717, 1.165) is 47.7 Å². The molecule has 0 fully saturated rings. The van der Waals surface area contributed by atoms with Gasteiger partial charge < -0.3 is 25.1 Å². The van der Waals surface area contributed by atoms with Crippen LogP contribution in [0.3, 0.4) is 0 Å². The van der Waals surface area contributed by atoms with Gasteiger partial charge in [0.2, 0.25) is 0 Å². The average molecular weight is 365 g/mol. The predicted octanol–water partition coefficient (Wildman–Crippen LogP) is 4.38. The molecule has 1 atom stereocenters. The summed E-state index contributed by atoms with van der Waals surface area (Å²) in [4.78, 5) is 16.0. The summed E-state index contributed by atoms with van der Waals surface area (Å²) in [6.45, 7) is 0. The Balaban J connectivity index is 1.52. The molecular formula is C21H23N3O3. The summed E-state index contributed by atoms with van der Waals surface area (Å²) in [5.41, 5.74) is 4.16. The van der Waals surface area contributed by atoms with Crippen LogP contribution in [0.2, 0.25) is 0 Å². The number of fused-ring (bicyclic) bond motifs is 3. The van der Waals surface area contributed by atoms with Crippen molar-refractivity contribution in [3.8, 4) is 11.5 Å². The molecule has 27 heavy (non-hydrogen) atoms. The molecule has 140 valence electrons. The van der Waals surface area contributed by atoms with Crippen molar-refractivity contribution in [2.45, 2.75) is 25.3 Å². The van der Waals surface area contributed by atoms with Crippen LogP contribution in [0.25, 0.3) is 10.9 Å². The van der Waals surface area contributed by atoms with E-state index in [0.29, 0.717) is 0 Å². The van der Waals surface area contributed by atoms with E-state index >= 15 is 0 Å². The molecule has 0 aliphatic heterocycles. The molecule has 2 amide bonds. The van der Waals surface area contributed by atoms with Gasteiger partial charge in [0.15, 0.2) is 0 Å². The average Bonchev–Trinajstić information content (AvgIpc) is 3.07. The molecule has 0 saturated heterocycles. The molecule has 3 aromatic rings. The van der Waals surface area contributed by atoms with Crippen molar-refractivity contribution in [3.05, 3.63) is 53.7 Å². The third kappa shape index (κ3) is 3.43. The molecule has 0 saturated carbocycles. The molecule has 0 spiro atoms. The van der Waals surface area contributed by atoms with Crippen LogP contribution in [0, 0.1) is 0 Å². The van der Waals surface area contributed by atoms with Crippen LogP contribution in [0.1, 0.15) is 30.1 Å². The SMILES string of the molecule is COc1ccc(NC(=O)N[C@H]2CCCc3c2[nH]c2ccc(OC)cc32)cc1. The van der Waals surface area contributed by atoms with Crippen molar-refractivity contribution in [2.75, 3.05) is 19.5 Å². The van der Waals surface area contributed by atoms with E-state index < -0.39 is 0 Å². The molecule has 1 heterocycles. The van der Waals surface area contributed by atoms with E-state index in [-0.39, 0.29) is 12.1 Å². The first-order chi connectivity index (χ1) is 13.2. The van der Waals surface area contributed by atoms with Gasteiger partial charge in [0.1, 0.15) is 11.5 Å². The number of aromatic amines is 1. The molecule has 1 aliphatic rings. The van der Waals surface area contributed by atoms with Gasteiger partial charge in [-0.05, 0) is 67.3 Å². The minimum atomic E-state index is -0.214. The highest BCUT2D eigenvalue weighted by Crippen LogP contribution is 2.36. The largest absolute Gasteiger partial charge is 0.497 e. The number of anilines is 1. The Hall–Kier alpha value is -3.15. The van der Waals surface area contributed by atoms with E-state index in [1.54, 1.807) is 14.2 Å². The number of H-pyrrole nitrogens is 1. The summed E-state index contributed by atoms with van der Waals surface area (Å²) in [7, 11) is 3.29. The molecule has 6 nitrogen and oxygen atoms in total. The Bertz CT molecular complexity index is 963. The number of nitrogens with one attached hydrogen (secondary N) is 3. The highest BCUT2D eigenvalue weighted by molar-refractivity contribution is 5.90. The predicted molar refractivity (Wildman–Crippen MR) is 106 cm³/mol. The molecule has 1 aromatic heterocycles. The number of hydrogen-bond donors (Lipinski definition) is 3. The van der Waals surface area contributed by atoms with Crippen LogP contribution in [0.4, 0.5) is 10.5 Å². The lowest BCUT2D eigenvalue weighted by Gasteiger charge is -2.24. The molecule has 1 aliphatic carbocycles. The second-order valence-electron chi connectivity index (χ2n) is 6.70. The van der Waals surface area contributed by atoms with E-state index in [1.165, 1.54) is 10.9 Å². The van der Waals surface area contributed by atoms with Crippen molar-refractivity contribution in [2.24, 2.45) is 0 Å². The second-order valence-corrected chi connectivity index (χ2v) is 6.70. The zero-order valence-corrected chi connectivity index (χ0v) is 15.5. The Morgan fingerprint density at radius 2 is 1.81 bits per heavy atom. The van der Waals surface area contributed by atoms with E-state index in [4.69, 9.17) is 9.47 Å². The van der Waals surface area contributed by atoms with Gasteiger partial charge in [-0.25, -0.2) is 4.79 Å². The van der Waals surface area contributed by atoms with E-state index in [9.17, 15) is 4.79 Å². The Kier molecular flexibility index (Phi) is 4.62. The van der Waals surface area contributed by atoms with Crippen LogP contribution in [0.5, 0.6) is 11.5 Å². The van der Waals surface area contributed by atoms with Crippen molar-refractivity contribution >= 4 is 22.6 Å². The van der Waals surface area contributed by atoms with Gasteiger partial charge >= 0.3 is 6.03 Å². The maximum Gasteiger partial charge on any atom is 0.319 e. The number of carbonyl (C=O) groups excluding carboxylic acids is 1. The summed E-state index contributed by atoms with van der Waals surface area (Å²) >= 11 is 0. The Morgan fingerprint density at radius 3 is 2.56 bits per heavy atom. The van der Waals surface area contributed by atoms with E-state index in [1.807, 2.05) is 36.4 Å². The van der Waals surface area contributed by atoms with Gasteiger partial charge in [-0.2, -0.15) is 0 Å².